The molecule has 0 aliphatic carbocycles. The molecule has 1 N–H and O–H groups in total. The predicted molar refractivity (Wildman–Crippen MR) is 107 cm³/mol. The molecule has 0 aliphatic heterocycles. The Bertz CT molecular complexity index is 876. The lowest BCUT2D eigenvalue weighted by atomic mass is 9.99. The molecule has 0 aliphatic rings. The molecule has 0 amide bonds. The molecular weight excluding hydrogens is 346 g/mol. The Morgan fingerprint density at radius 2 is 1.73 bits per heavy atom. The molecule has 4 heteroatoms. The quantitative estimate of drug-likeness (QED) is 0.561. The first-order valence-electron chi connectivity index (χ1n) is 8.52. The maximum Gasteiger partial charge on any atom is 0.338 e. The summed E-state index contributed by atoms with van der Waals surface area (Å²) >= 11 is 6.00. The van der Waals surface area contributed by atoms with Crippen molar-refractivity contribution in [1.82, 2.24) is 0 Å². The summed E-state index contributed by atoms with van der Waals surface area (Å²) in [4.78, 5) is 12.3. The van der Waals surface area contributed by atoms with Crippen LogP contribution in [-0.4, -0.2) is 12.6 Å². The van der Waals surface area contributed by atoms with Gasteiger partial charge in [-0.05, 0) is 53.9 Å². The Hall–Kier alpha value is -2.78. The molecule has 0 aromatic heterocycles. The van der Waals surface area contributed by atoms with Crippen LogP contribution in [0.3, 0.4) is 0 Å². The molecule has 0 bridgehead atoms. The van der Waals surface area contributed by atoms with Crippen molar-refractivity contribution >= 4 is 23.3 Å². The average Bonchev–Trinajstić information content (AvgIpc) is 2.68. The van der Waals surface area contributed by atoms with E-state index in [-0.39, 0.29) is 5.97 Å². The highest BCUT2D eigenvalue weighted by molar-refractivity contribution is 6.30. The van der Waals surface area contributed by atoms with E-state index >= 15 is 0 Å². The number of nitrogens with one attached hydrogen (secondary N) is 1. The van der Waals surface area contributed by atoms with E-state index in [0.29, 0.717) is 23.7 Å². The molecule has 0 heterocycles. The number of esters is 1. The van der Waals surface area contributed by atoms with Gasteiger partial charge in [-0.25, -0.2) is 4.79 Å². The third-order valence-corrected chi connectivity index (χ3v) is 4.26. The molecule has 3 aromatic carbocycles. The summed E-state index contributed by atoms with van der Waals surface area (Å²) in [5, 5.41) is 4.06. The standard InChI is InChI=1S/C22H20ClNO2/c1-2-26-22(25)20-13-12-19(24-15-16-6-4-3-5-7-16)14-21(20)17-8-10-18(23)11-9-17/h3-14,24H,2,15H2,1H3. The van der Waals surface area contributed by atoms with Crippen molar-refractivity contribution < 1.29 is 9.53 Å². The molecule has 0 fully saturated rings. The highest BCUT2D eigenvalue weighted by Gasteiger charge is 2.15. The lowest BCUT2D eigenvalue weighted by Gasteiger charge is -2.13. The van der Waals surface area contributed by atoms with Crippen molar-refractivity contribution in [3.8, 4) is 11.1 Å². The van der Waals surface area contributed by atoms with Crippen LogP contribution in [0.2, 0.25) is 5.02 Å². The summed E-state index contributed by atoms with van der Waals surface area (Å²) in [6.07, 6.45) is 0. The summed E-state index contributed by atoms with van der Waals surface area (Å²) in [7, 11) is 0. The predicted octanol–water partition coefficient (Wildman–Crippen LogP) is 5.80. The average molecular weight is 366 g/mol. The lowest BCUT2D eigenvalue weighted by molar-refractivity contribution is 0.0527. The third kappa shape index (κ3) is 4.44. The number of anilines is 1. The second-order valence-corrected chi connectivity index (χ2v) is 6.26. The van der Waals surface area contributed by atoms with Crippen LogP contribution >= 0.6 is 11.6 Å². The first-order valence-corrected chi connectivity index (χ1v) is 8.90. The van der Waals surface area contributed by atoms with Gasteiger partial charge in [-0.3, -0.25) is 0 Å². The van der Waals surface area contributed by atoms with E-state index < -0.39 is 0 Å². The molecule has 3 rings (SSSR count). The molecule has 3 nitrogen and oxygen atoms in total. The third-order valence-electron chi connectivity index (χ3n) is 4.01. The van der Waals surface area contributed by atoms with Gasteiger partial charge in [-0.1, -0.05) is 54.1 Å². The SMILES string of the molecule is CCOC(=O)c1ccc(NCc2ccccc2)cc1-c1ccc(Cl)cc1. The number of carbonyl (C=O) groups excluding carboxylic acids is 1. The maximum absolute atomic E-state index is 12.3. The fraction of sp³-hybridized carbons (Fsp3) is 0.136. The second-order valence-electron chi connectivity index (χ2n) is 5.83. The molecule has 0 saturated carbocycles. The molecular formula is C22H20ClNO2. The summed E-state index contributed by atoms with van der Waals surface area (Å²) in [5.41, 5.74) is 4.40. The number of rotatable bonds is 6. The Balaban J connectivity index is 1.91. The van der Waals surface area contributed by atoms with E-state index in [2.05, 4.69) is 17.4 Å². The van der Waals surface area contributed by atoms with E-state index in [9.17, 15) is 4.79 Å². The first-order chi connectivity index (χ1) is 12.7. The van der Waals surface area contributed by atoms with Crippen LogP contribution in [0.5, 0.6) is 0 Å². The van der Waals surface area contributed by atoms with Gasteiger partial charge in [0.05, 0.1) is 12.2 Å². The smallest absolute Gasteiger partial charge is 0.338 e. The molecule has 0 spiro atoms. The monoisotopic (exact) mass is 365 g/mol. The van der Waals surface area contributed by atoms with Crippen LogP contribution < -0.4 is 5.32 Å². The molecule has 0 saturated heterocycles. The van der Waals surface area contributed by atoms with Crippen LogP contribution in [0.25, 0.3) is 11.1 Å². The highest BCUT2D eigenvalue weighted by atomic mass is 35.5. The summed E-state index contributed by atoms with van der Waals surface area (Å²) in [6.45, 7) is 2.85. The molecule has 0 unspecified atom stereocenters. The van der Waals surface area contributed by atoms with Gasteiger partial charge in [-0.2, -0.15) is 0 Å². The normalized spacial score (nSPS) is 10.4. The van der Waals surface area contributed by atoms with Crippen LogP contribution in [-0.2, 0) is 11.3 Å². The van der Waals surface area contributed by atoms with E-state index in [1.807, 2.05) is 54.6 Å². The number of hydrogen-bond acceptors (Lipinski definition) is 3. The van der Waals surface area contributed by atoms with Crippen molar-refractivity contribution in [2.75, 3.05) is 11.9 Å². The summed E-state index contributed by atoms with van der Waals surface area (Å²) in [6, 6.07) is 23.3. The first kappa shape index (κ1) is 18.0. The summed E-state index contributed by atoms with van der Waals surface area (Å²) in [5.74, 6) is -0.327. The van der Waals surface area contributed by atoms with Crippen LogP contribution in [0.15, 0.2) is 72.8 Å². The largest absolute Gasteiger partial charge is 0.462 e. The van der Waals surface area contributed by atoms with Gasteiger partial charge < -0.3 is 10.1 Å². The molecule has 3 aromatic rings. The molecule has 0 atom stereocenters. The van der Waals surface area contributed by atoms with E-state index in [1.54, 1.807) is 13.0 Å². The van der Waals surface area contributed by atoms with Gasteiger partial charge in [0, 0.05) is 17.3 Å². The van der Waals surface area contributed by atoms with Crippen molar-refractivity contribution in [1.29, 1.82) is 0 Å². The number of halogens is 1. The molecule has 132 valence electrons. The highest BCUT2D eigenvalue weighted by Crippen LogP contribution is 2.29. The number of hydrogen-bond donors (Lipinski definition) is 1. The second kappa shape index (κ2) is 8.54. The Morgan fingerprint density at radius 3 is 2.42 bits per heavy atom. The topological polar surface area (TPSA) is 38.3 Å². The van der Waals surface area contributed by atoms with Gasteiger partial charge >= 0.3 is 5.97 Å². The van der Waals surface area contributed by atoms with E-state index in [0.717, 1.165) is 16.8 Å². The van der Waals surface area contributed by atoms with E-state index in [4.69, 9.17) is 16.3 Å². The van der Waals surface area contributed by atoms with E-state index in [1.165, 1.54) is 5.56 Å². The van der Waals surface area contributed by atoms with Gasteiger partial charge in [-0.15, -0.1) is 0 Å². The number of benzene rings is 3. The van der Waals surface area contributed by atoms with Crippen molar-refractivity contribution in [2.24, 2.45) is 0 Å². The summed E-state index contributed by atoms with van der Waals surface area (Å²) < 4.78 is 5.20. The van der Waals surface area contributed by atoms with Gasteiger partial charge in [0.15, 0.2) is 0 Å². The minimum Gasteiger partial charge on any atom is -0.462 e. The van der Waals surface area contributed by atoms with Crippen molar-refractivity contribution in [3.63, 3.8) is 0 Å². The maximum atomic E-state index is 12.3. The van der Waals surface area contributed by atoms with Crippen molar-refractivity contribution in [2.45, 2.75) is 13.5 Å². The fourth-order valence-electron chi connectivity index (χ4n) is 2.71. The Morgan fingerprint density at radius 1 is 1.00 bits per heavy atom. The van der Waals surface area contributed by atoms with Crippen LogP contribution in [0.1, 0.15) is 22.8 Å². The van der Waals surface area contributed by atoms with Crippen LogP contribution in [0, 0.1) is 0 Å². The zero-order valence-corrected chi connectivity index (χ0v) is 15.3. The number of carbonyl (C=O) groups is 1. The van der Waals surface area contributed by atoms with Gasteiger partial charge in [0.25, 0.3) is 0 Å². The van der Waals surface area contributed by atoms with Gasteiger partial charge in [0.1, 0.15) is 0 Å². The Kier molecular flexibility index (Phi) is 5.92. The zero-order valence-electron chi connectivity index (χ0n) is 14.5. The van der Waals surface area contributed by atoms with Gasteiger partial charge in [0.2, 0.25) is 0 Å². The minimum absolute atomic E-state index is 0.327. The lowest BCUT2D eigenvalue weighted by Crippen LogP contribution is -2.07. The zero-order chi connectivity index (χ0) is 18.4. The molecule has 0 radical (unpaired) electrons. The molecule has 26 heavy (non-hydrogen) atoms. The minimum atomic E-state index is -0.327. The fourth-order valence-corrected chi connectivity index (χ4v) is 2.84. The number of ether oxygens (including phenoxy) is 1. The Labute approximate surface area is 158 Å². The van der Waals surface area contributed by atoms with Crippen LogP contribution in [0.4, 0.5) is 5.69 Å². The van der Waals surface area contributed by atoms with Crippen molar-refractivity contribution in [3.05, 3.63) is 88.9 Å².